The Hall–Kier alpha value is -1.16. The third kappa shape index (κ3) is 3.55. The van der Waals surface area contributed by atoms with Crippen molar-refractivity contribution < 1.29 is 14.7 Å². The summed E-state index contributed by atoms with van der Waals surface area (Å²) in [6.45, 7) is 4.23. The molecule has 3 rings (SSSR count). The molecule has 0 aromatic heterocycles. The van der Waals surface area contributed by atoms with Gasteiger partial charge in [-0.3, -0.25) is 9.59 Å². The molecule has 4 atom stereocenters. The van der Waals surface area contributed by atoms with Gasteiger partial charge >= 0.3 is 0 Å². The van der Waals surface area contributed by atoms with E-state index in [1.165, 1.54) is 5.56 Å². The van der Waals surface area contributed by atoms with Gasteiger partial charge in [-0.2, -0.15) is 0 Å². The molecule has 3 unspecified atom stereocenters. The number of phenols is 1. The Morgan fingerprint density at radius 2 is 2.12 bits per heavy atom. The fourth-order valence-corrected chi connectivity index (χ4v) is 5.81. The van der Waals surface area contributed by atoms with E-state index in [-0.39, 0.29) is 17.1 Å². The molecule has 0 spiro atoms. The number of ketones is 2. The highest BCUT2D eigenvalue weighted by molar-refractivity contribution is 9.09. The topological polar surface area (TPSA) is 54.4 Å². The smallest absolute Gasteiger partial charge is 0.147 e. The number of fused-ring (bicyclic) bond motifs is 1. The van der Waals surface area contributed by atoms with Gasteiger partial charge in [-0.15, -0.1) is 0 Å². The Balaban J connectivity index is 1.77. The van der Waals surface area contributed by atoms with E-state index in [4.69, 9.17) is 0 Å². The number of benzene rings is 1. The minimum Gasteiger partial charge on any atom is -0.508 e. The zero-order valence-corrected chi connectivity index (χ0v) is 16.6. The van der Waals surface area contributed by atoms with Crippen LogP contribution in [0, 0.1) is 30.1 Å². The van der Waals surface area contributed by atoms with Crippen molar-refractivity contribution in [2.75, 3.05) is 5.33 Å². The van der Waals surface area contributed by atoms with Crippen molar-refractivity contribution in [3.8, 4) is 5.75 Å². The average Bonchev–Trinajstić information content (AvgIpc) is 2.91. The number of alkyl halides is 1. The predicted octanol–water partition coefficient (Wildman–Crippen LogP) is 4.61. The van der Waals surface area contributed by atoms with Gasteiger partial charge in [0.05, 0.1) is 5.33 Å². The van der Waals surface area contributed by atoms with Crippen LogP contribution < -0.4 is 0 Å². The number of carbonyl (C=O) groups is 2. The van der Waals surface area contributed by atoms with E-state index in [2.05, 4.69) is 29.8 Å². The number of hydrogen-bond acceptors (Lipinski definition) is 3. The van der Waals surface area contributed by atoms with Crippen LogP contribution in [0.25, 0.3) is 0 Å². The maximum Gasteiger partial charge on any atom is 0.147 e. The fourth-order valence-electron chi connectivity index (χ4n) is 5.42. The van der Waals surface area contributed by atoms with Gasteiger partial charge in [-0.25, -0.2) is 0 Å². The molecule has 1 N–H and O–H groups in total. The fraction of sp³-hybridized carbons (Fsp3) is 0.619. The van der Waals surface area contributed by atoms with Crippen LogP contribution in [0.2, 0.25) is 0 Å². The SMILES string of the molecule is Cc1ccc(O)cc1CCC1CC(=O)CC2(C)C1CC[C@@H]2C(=O)CBr. The lowest BCUT2D eigenvalue weighted by Crippen LogP contribution is -2.43. The van der Waals surface area contributed by atoms with Gasteiger partial charge in [-0.1, -0.05) is 28.9 Å². The second kappa shape index (κ2) is 7.22. The van der Waals surface area contributed by atoms with E-state index in [1.807, 2.05) is 12.1 Å². The second-order valence-electron chi connectivity index (χ2n) is 8.17. The molecule has 1 aromatic rings. The summed E-state index contributed by atoms with van der Waals surface area (Å²) in [6, 6.07) is 5.50. The molecule has 4 heteroatoms. The van der Waals surface area contributed by atoms with Gasteiger partial charge in [0.15, 0.2) is 0 Å². The summed E-state index contributed by atoms with van der Waals surface area (Å²) >= 11 is 3.31. The van der Waals surface area contributed by atoms with E-state index in [1.54, 1.807) is 6.07 Å². The summed E-state index contributed by atoms with van der Waals surface area (Å²) in [5, 5.41) is 10.1. The maximum atomic E-state index is 12.4. The minimum absolute atomic E-state index is 0.0196. The van der Waals surface area contributed by atoms with Gasteiger partial charge < -0.3 is 5.11 Å². The summed E-state index contributed by atoms with van der Waals surface area (Å²) in [7, 11) is 0. The molecule has 3 nitrogen and oxygen atoms in total. The molecule has 2 fully saturated rings. The highest BCUT2D eigenvalue weighted by Crippen LogP contribution is 2.57. The van der Waals surface area contributed by atoms with Crippen molar-refractivity contribution in [2.45, 2.75) is 52.4 Å². The first-order chi connectivity index (χ1) is 11.8. The standard InChI is InChI=1S/C21H27BrO3/c1-13-3-6-16(23)9-14(13)4-5-15-10-17(24)11-21(2)18(15)7-8-19(21)20(25)12-22/h3,6,9,15,18-19,23H,4-5,7-8,10-12H2,1-2H3/t15?,18?,19-,21?/m1/s1. The van der Waals surface area contributed by atoms with Gasteiger partial charge in [0, 0.05) is 18.8 Å². The van der Waals surface area contributed by atoms with Crippen LogP contribution in [0.4, 0.5) is 0 Å². The second-order valence-corrected chi connectivity index (χ2v) is 8.73. The van der Waals surface area contributed by atoms with Crippen LogP contribution >= 0.6 is 15.9 Å². The number of rotatable bonds is 5. The van der Waals surface area contributed by atoms with Crippen LogP contribution in [-0.2, 0) is 16.0 Å². The molecule has 1 aromatic carbocycles. The molecule has 2 saturated carbocycles. The highest BCUT2D eigenvalue weighted by atomic mass is 79.9. The Morgan fingerprint density at radius 3 is 2.84 bits per heavy atom. The molecule has 136 valence electrons. The van der Waals surface area contributed by atoms with E-state index in [0.717, 1.165) is 31.2 Å². The van der Waals surface area contributed by atoms with Gasteiger partial charge in [0.25, 0.3) is 0 Å². The van der Waals surface area contributed by atoms with Crippen LogP contribution in [0.15, 0.2) is 18.2 Å². The van der Waals surface area contributed by atoms with Crippen LogP contribution in [-0.4, -0.2) is 22.0 Å². The molecule has 0 heterocycles. The van der Waals surface area contributed by atoms with E-state index < -0.39 is 0 Å². The molecular formula is C21H27BrO3. The lowest BCUT2D eigenvalue weighted by Gasteiger charge is -2.44. The van der Waals surface area contributed by atoms with Crippen LogP contribution in [0.5, 0.6) is 5.75 Å². The third-order valence-corrected chi connectivity index (χ3v) is 7.24. The first-order valence-electron chi connectivity index (χ1n) is 9.24. The molecule has 2 aliphatic rings. The zero-order chi connectivity index (χ0) is 18.2. The average molecular weight is 407 g/mol. The largest absolute Gasteiger partial charge is 0.508 e. The number of hydrogen-bond donors (Lipinski definition) is 1. The number of phenolic OH excluding ortho intramolecular Hbond substituents is 1. The molecule has 2 aliphatic carbocycles. The monoisotopic (exact) mass is 406 g/mol. The van der Waals surface area contributed by atoms with E-state index in [9.17, 15) is 14.7 Å². The summed E-state index contributed by atoms with van der Waals surface area (Å²) in [4.78, 5) is 24.8. The van der Waals surface area contributed by atoms with Crippen LogP contribution in [0.3, 0.4) is 0 Å². The summed E-state index contributed by atoms with van der Waals surface area (Å²) in [6.07, 6.45) is 5.00. The third-order valence-electron chi connectivity index (χ3n) is 6.68. The van der Waals surface area contributed by atoms with E-state index in [0.29, 0.717) is 41.5 Å². The summed E-state index contributed by atoms with van der Waals surface area (Å²) in [5.74, 6) is 1.69. The predicted molar refractivity (Wildman–Crippen MR) is 102 cm³/mol. The van der Waals surface area contributed by atoms with Crippen molar-refractivity contribution in [3.63, 3.8) is 0 Å². The first-order valence-corrected chi connectivity index (χ1v) is 10.4. The molecular weight excluding hydrogens is 380 g/mol. The lowest BCUT2D eigenvalue weighted by atomic mass is 9.59. The van der Waals surface area contributed by atoms with Crippen LogP contribution in [0.1, 0.15) is 50.2 Å². The van der Waals surface area contributed by atoms with Crippen molar-refractivity contribution in [1.82, 2.24) is 0 Å². The molecule has 0 saturated heterocycles. The lowest BCUT2D eigenvalue weighted by molar-refractivity contribution is -0.133. The Kier molecular flexibility index (Phi) is 5.38. The minimum atomic E-state index is -0.168. The first kappa shape index (κ1) is 18.6. The molecule has 0 bridgehead atoms. The number of carbonyl (C=O) groups excluding carboxylic acids is 2. The van der Waals surface area contributed by atoms with Crippen molar-refractivity contribution in [1.29, 1.82) is 0 Å². The Labute approximate surface area is 158 Å². The van der Waals surface area contributed by atoms with E-state index >= 15 is 0 Å². The molecule has 0 radical (unpaired) electrons. The maximum absolute atomic E-state index is 12.4. The van der Waals surface area contributed by atoms with Crippen molar-refractivity contribution in [3.05, 3.63) is 29.3 Å². The zero-order valence-electron chi connectivity index (χ0n) is 15.1. The number of aryl methyl sites for hydroxylation is 2. The number of Topliss-reactive ketones (excluding diaryl/α,β-unsaturated/α-hetero) is 2. The normalized spacial score (nSPS) is 31.8. The molecule has 25 heavy (non-hydrogen) atoms. The number of aromatic hydroxyl groups is 1. The Morgan fingerprint density at radius 1 is 1.36 bits per heavy atom. The van der Waals surface area contributed by atoms with Gasteiger partial charge in [-0.05, 0) is 73.1 Å². The summed E-state index contributed by atoms with van der Waals surface area (Å²) < 4.78 is 0. The van der Waals surface area contributed by atoms with Crippen molar-refractivity contribution in [2.24, 2.45) is 23.2 Å². The van der Waals surface area contributed by atoms with Gasteiger partial charge in [0.2, 0.25) is 0 Å². The van der Waals surface area contributed by atoms with Crippen molar-refractivity contribution >= 4 is 27.5 Å². The summed E-state index contributed by atoms with van der Waals surface area (Å²) in [5.41, 5.74) is 2.17. The number of halogens is 1. The molecule has 0 amide bonds. The quantitative estimate of drug-likeness (QED) is 0.726. The van der Waals surface area contributed by atoms with Gasteiger partial charge in [0.1, 0.15) is 17.3 Å². The highest BCUT2D eigenvalue weighted by Gasteiger charge is 2.54. The Bertz CT molecular complexity index is 684. The molecule has 0 aliphatic heterocycles.